The van der Waals surface area contributed by atoms with E-state index in [1.165, 1.54) is 12.0 Å². The fourth-order valence-electron chi connectivity index (χ4n) is 3.21. The lowest BCUT2D eigenvalue weighted by Crippen LogP contribution is -2.51. The van der Waals surface area contributed by atoms with Crippen LogP contribution >= 0.6 is 0 Å². The minimum Gasteiger partial charge on any atom is -0.496 e. The number of benzene rings is 1. The Morgan fingerprint density at radius 2 is 2.00 bits per heavy atom. The molecule has 0 spiro atoms. The van der Waals surface area contributed by atoms with Gasteiger partial charge in [-0.3, -0.25) is 0 Å². The zero-order chi connectivity index (χ0) is 14.7. The average molecular weight is 276 g/mol. The molecule has 2 rings (SSSR count). The second kappa shape index (κ2) is 6.59. The summed E-state index contributed by atoms with van der Waals surface area (Å²) in [5.74, 6) is 1.65. The number of likely N-dealkylation sites (tertiary alicyclic amines) is 1. The lowest BCUT2D eigenvalue weighted by Gasteiger charge is -2.41. The second-order valence-corrected chi connectivity index (χ2v) is 6.24. The standard InChI is InChI=1S/C17H28N2O/c1-12-11-19(4)13(2)10-16(12)18-14(3)15-8-6-7-9-17(15)20-5/h6-9,12-14,16,18H,10-11H2,1-5H3/t12?,13?,14-,16?/m1/s1. The highest BCUT2D eigenvalue weighted by atomic mass is 16.5. The van der Waals surface area contributed by atoms with E-state index >= 15 is 0 Å². The molecule has 0 radical (unpaired) electrons. The minimum atomic E-state index is 0.314. The molecule has 1 fully saturated rings. The van der Waals surface area contributed by atoms with E-state index in [1.807, 2.05) is 12.1 Å². The quantitative estimate of drug-likeness (QED) is 0.914. The van der Waals surface area contributed by atoms with E-state index in [4.69, 9.17) is 4.74 Å². The smallest absolute Gasteiger partial charge is 0.123 e. The highest BCUT2D eigenvalue weighted by molar-refractivity contribution is 5.35. The van der Waals surface area contributed by atoms with Gasteiger partial charge in [-0.15, -0.1) is 0 Å². The molecule has 0 aliphatic carbocycles. The SMILES string of the molecule is COc1ccccc1[C@@H](C)NC1CC(C)N(C)CC1C. The van der Waals surface area contributed by atoms with Crippen LogP contribution in [0, 0.1) is 5.92 Å². The van der Waals surface area contributed by atoms with Crippen LogP contribution < -0.4 is 10.1 Å². The number of piperidine rings is 1. The van der Waals surface area contributed by atoms with Crippen molar-refractivity contribution in [2.75, 3.05) is 20.7 Å². The summed E-state index contributed by atoms with van der Waals surface area (Å²) in [7, 11) is 3.97. The van der Waals surface area contributed by atoms with Crippen LogP contribution in [0.25, 0.3) is 0 Å². The van der Waals surface area contributed by atoms with Gasteiger partial charge >= 0.3 is 0 Å². The van der Waals surface area contributed by atoms with Crippen molar-refractivity contribution in [3.8, 4) is 5.75 Å². The third kappa shape index (κ3) is 3.33. The van der Waals surface area contributed by atoms with Crippen molar-refractivity contribution >= 4 is 0 Å². The normalized spacial score (nSPS) is 29.1. The molecule has 1 heterocycles. The highest BCUT2D eigenvalue weighted by Crippen LogP contribution is 2.28. The summed E-state index contributed by atoms with van der Waals surface area (Å²) in [4.78, 5) is 2.45. The first-order chi connectivity index (χ1) is 9.52. The molecule has 0 saturated carbocycles. The zero-order valence-corrected chi connectivity index (χ0v) is 13.4. The van der Waals surface area contributed by atoms with Gasteiger partial charge in [-0.1, -0.05) is 25.1 Å². The molecular formula is C17H28N2O. The number of hydrogen-bond acceptors (Lipinski definition) is 3. The highest BCUT2D eigenvalue weighted by Gasteiger charge is 2.30. The van der Waals surface area contributed by atoms with Crippen molar-refractivity contribution in [1.82, 2.24) is 10.2 Å². The third-order valence-corrected chi connectivity index (χ3v) is 4.68. The van der Waals surface area contributed by atoms with E-state index in [1.54, 1.807) is 7.11 Å². The van der Waals surface area contributed by atoms with E-state index in [2.05, 4.69) is 50.2 Å². The molecule has 1 aliphatic rings. The van der Waals surface area contributed by atoms with Gasteiger partial charge in [-0.25, -0.2) is 0 Å². The first-order valence-electron chi connectivity index (χ1n) is 7.62. The molecule has 1 saturated heterocycles. The maximum atomic E-state index is 5.47. The summed E-state index contributed by atoms with van der Waals surface area (Å²) in [6, 6.07) is 9.82. The van der Waals surface area contributed by atoms with Crippen LogP contribution in [-0.4, -0.2) is 37.7 Å². The molecule has 3 unspecified atom stereocenters. The Morgan fingerprint density at radius 1 is 1.30 bits per heavy atom. The van der Waals surface area contributed by atoms with Crippen LogP contribution in [0.5, 0.6) is 5.75 Å². The van der Waals surface area contributed by atoms with Crippen molar-refractivity contribution in [1.29, 1.82) is 0 Å². The molecule has 3 nitrogen and oxygen atoms in total. The first kappa shape index (κ1) is 15.3. The van der Waals surface area contributed by atoms with E-state index < -0.39 is 0 Å². The molecule has 4 atom stereocenters. The largest absolute Gasteiger partial charge is 0.496 e. The van der Waals surface area contributed by atoms with Gasteiger partial charge in [0.2, 0.25) is 0 Å². The summed E-state index contributed by atoms with van der Waals surface area (Å²) < 4.78 is 5.47. The summed E-state index contributed by atoms with van der Waals surface area (Å²) in [5, 5.41) is 3.80. The van der Waals surface area contributed by atoms with Crippen molar-refractivity contribution in [2.45, 2.75) is 45.3 Å². The molecular weight excluding hydrogens is 248 g/mol. The molecule has 3 heteroatoms. The molecule has 0 bridgehead atoms. The minimum absolute atomic E-state index is 0.314. The molecule has 1 aliphatic heterocycles. The van der Waals surface area contributed by atoms with Crippen LogP contribution in [0.1, 0.15) is 38.8 Å². The summed E-state index contributed by atoms with van der Waals surface area (Å²) in [6.45, 7) is 8.05. The molecule has 0 aromatic heterocycles. The predicted molar refractivity (Wildman–Crippen MR) is 84.2 cm³/mol. The van der Waals surface area contributed by atoms with Gasteiger partial charge in [0.05, 0.1) is 7.11 Å². The number of methoxy groups -OCH3 is 1. The Balaban J connectivity index is 2.05. The van der Waals surface area contributed by atoms with Gasteiger partial charge in [-0.05, 0) is 39.3 Å². The topological polar surface area (TPSA) is 24.5 Å². The number of para-hydroxylation sites is 1. The van der Waals surface area contributed by atoms with Crippen molar-refractivity contribution in [3.63, 3.8) is 0 Å². The fraction of sp³-hybridized carbons (Fsp3) is 0.647. The number of nitrogens with one attached hydrogen (secondary N) is 1. The number of ether oxygens (including phenoxy) is 1. The summed E-state index contributed by atoms with van der Waals surface area (Å²) in [5.41, 5.74) is 1.24. The summed E-state index contributed by atoms with van der Waals surface area (Å²) >= 11 is 0. The molecule has 1 aromatic rings. The van der Waals surface area contributed by atoms with E-state index in [0.29, 0.717) is 24.0 Å². The lowest BCUT2D eigenvalue weighted by molar-refractivity contribution is 0.116. The number of hydrogen-bond donors (Lipinski definition) is 1. The van der Waals surface area contributed by atoms with Crippen molar-refractivity contribution in [3.05, 3.63) is 29.8 Å². The van der Waals surface area contributed by atoms with E-state index in [0.717, 1.165) is 12.3 Å². The first-order valence-corrected chi connectivity index (χ1v) is 7.62. The predicted octanol–water partition coefficient (Wildman–Crippen LogP) is 3.07. The van der Waals surface area contributed by atoms with Crippen LogP contribution in [0.4, 0.5) is 0 Å². The van der Waals surface area contributed by atoms with E-state index in [-0.39, 0.29) is 0 Å². The molecule has 20 heavy (non-hydrogen) atoms. The maximum absolute atomic E-state index is 5.47. The Bertz CT molecular complexity index is 435. The van der Waals surface area contributed by atoms with Crippen molar-refractivity contribution in [2.24, 2.45) is 5.92 Å². The van der Waals surface area contributed by atoms with Gasteiger partial charge in [-0.2, -0.15) is 0 Å². The zero-order valence-electron chi connectivity index (χ0n) is 13.4. The van der Waals surface area contributed by atoms with Crippen LogP contribution in [0.15, 0.2) is 24.3 Å². The number of nitrogens with zero attached hydrogens (tertiary/aromatic N) is 1. The average Bonchev–Trinajstić information content (AvgIpc) is 2.44. The third-order valence-electron chi connectivity index (χ3n) is 4.68. The van der Waals surface area contributed by atoms with Gasteiger partial charge in [0.1, 0.15) is 5.75 Å². The monoisotopic (exact) mass is 276 g/mol. The van der Waals surface area contributed by atoms with Crippen LogP contribution in [0.2, 0.25) is 0 Å². The van der Waals surface area contributed by atoms with Gasteiger partial charge in [0.15, 0.2) is 0 Å². The Kier molecular flexibility index (Phi) is 5.06. The summed E-state index contributed by atoms with van der Waals surface area (Å²) in [6.07, 6.45) is 1.21. The van der Waals surface area contributed by atoms with Crippen LogP contribution in [0.3, 0.4) is 0 Å². The van der Waals surface area contributed by atoms with Crippen molar-refractivity contribution < 1.29 is 4.74 Å². The molecule has 112 valence electrons. The van der Waals surface area contributed by atoms with Gasteiger partial charge in [0.25, 0.3) is 0 Å². The molecule has 0 amide bonds. The Morgan fingerprint density at radius 3 is 2.70 bits per heavy atom. The molecule has 1 N–H and O–H groups in total. The van der Waals surface area contributed by atoms with E-state index in [9.17, 15) is 0 Å². The van der Waals surface area contributed by atoms with Crippen LogP contribution in [-0.2, 0) is 0 Å². The maximum Gasteiger partial charge on any atom is 0.123 e. The number of rotatable bonds is 4. The Hall–Kier alpha value is -1.06. The molecule has 1 aromatic carbocycles. The van der Waals surface area contributed by atoms with Gasteiger partial charge in [0, 0.05) is 30.2 Å². The Labute approximate surface area is 123 Å². The second-order valence-electron chi connectivity index (χ2n) is 6.24. The van der Waals surface area contributed by atoms with Gasteiger partial charge < -0.3 is 15.0 Å². The fourth-order valence-corrected chi connectivity index (χ4v) is 3.21. The lowest BCUT2D eigenvalue weighted by atomic mass is 9.89.